The molecular weight excluding hydrogens is 338 g/mol. The number of guanidine groups is 1. The molecule has 27 heavy (non-hydrogen) atoms. The van der Waals surface area contributed by atoms with Crippen molar-refractivity contribution in [2.45, 2.75) is 26.8 Å². The first kappa shape index (κ1) is 18.8. The molecule has 0 radical (unpaired) electrons. The topological polar surface area (TPSA) is 63.0 Å². The van der Waals surface area contributed by atoms with Crippen LogP contribution in [0.2, 0.25) is 0 Å². The summed E-state index contributed by atoms with van der Waals surface area (Å²) >= 11 is 0. The molecule has 6 nitrogen and oxygen atoms in total. The molecule has 142 valence electrons. The number of hydrogen-bond donors (Lipinski definition) is 2. The van der Waals surface area contributed by atoms with Gasteiger partial charge in [0.15, 0.2) is 5.96 Å². The normalized spacial score (nSPS) is 11.6. The molecule has 3 aromatic rings. The van der Waals surface area contributed by atoms with Crippen LogP contribution in [-0.4, -0.2) is 36.0 Å². The molecule has 2 heterocycles. The average molecular weight is 365 g/mol. The quantitative estimate of drug-likeness (QED) is 0.521. The Bertz CT molecular complexity index is 945. The molecule has 0 atom stereocenters. The number of pyridine rings is 1. The molecule has 6 heteroatoms. The van der Waals surface area contributed by atoms with Gasteiger partial charge >= 0.3 is 0 Å². The van der Waals surface area contributed by atoms with Crippen LogP contribution in [0.1, 0.15) is 22.4 Å². The van der Waals surface area contributed by atoms with E-state index in [-0.39, 0.29) is 0 Å². The molecule has 0 aliphatic carbocycles. The smallest absolute Gasteiger partial charge is 0.191 e. The van der Waals surface area contributed by atoms with E-state index in [1.165, 1.54) is 11.1 Å². The average Bonchev–Trinajstić information content (AvgIpc) is 3.09. The molecule has 1 aromatic carbocycles. The third kappa shape index (κ3) is 4.58. The molecular formula is C21H27N5O. The van der Waals surface area contributed by atoms with E-state index in [1.54, 1.807) is 14.2 Å². The number of nitrogens with zero attached hydrogens (tertiary/aromatic N) is 3. The van der Waals surface area contributed by atoms with E-state index >= 15 is 0 Å². The third-order valence-corrected chi connectivity index (χ3v) is 4.51. The maximum absolute atomic E-state index is 5.46. The number of benzene rings is 1. The van der Waals surface area contributed by atoms with Crippen molar-refractivity contribution in [2.75, 3.05) is 20.7 Å². The van der Waals surface area contributed by atoms with Crippen molar-refractivity contribution in [3.63, 3.8) is 0 Å². The Balaban J connectivity index is 1.54. The van der Waals surface area contributed by atoms with Gasteiger partial charge in [-0.05, 0) is 37.1 Å². The predicted octanol–water partition coefficient (Wildman–Crippen LogP) is 2.87. The maximum atomic E-state index is 5.46. The predicted molar refractivity (Wildman–Crippen MR) is 110 cm³/mol. The standard InChI is InChI=1S/C21H27N5O/c1-15-7-8-17(19(12-15)27-4)13-24-21(22-3)23-10-9-18-14-26-11-5-6-16(2)20(26)25-18/h5-8,11-12,14H,9-10,13H2,1-4H3,(H2,22,23,24). The zero-order chi connectivity index (χ0) is 19.2. The van der Waals surface area contributed by atoms with Gasteiger partial charge in [-0.15, -0.1) is 0 Å². The summed E-state index contributed by atoms with van der Waals surface area (Å²) in [4.78, 5) is 9.00. The van der Waals surface area contributed by atoms with E-state index in [4.69, 9.17) is 9.72 Å². The minimum atomic E-state index is 0.649. The molecule has 0 fully saturated rings. The Morgan fingerprint density at radius 2 is 2.07 bits per heavy atom. The number of hydrogen-bond acceptors (Lipinski definition) is 3. The number of aliphatic imine (C=N–C) groups is 1. The number of methoxy groups -OCH3 is 1. The van der Waals surface area contributed by atoms with Crippen molar-refractivity contribution >= 4 is 11.6 Å². The maximum Gasteiger partial charge on any atom is 0.191 e. The second-order valence-corrected chi connectivity index (χ2v) is 6.57. The van der Waals surface area contributed by atoms with Crippen LogP contribution in [-0.2, 0) is 13.0 Å². The lowest BCUT2D eigenvalue weighted by Gasteiger charge is -2.14. The van der Waals surface area contributed by atoms with E-state index in [0.29, 0.717) is 6.54 Å². The summed E-state index contributed by atoms with van der Waals surface area (Å²) in [5.41, 5.74) is 5.54. The van der Waals surface area contributed by atoms with Crippen LogP contribution >= 0.6 is 0 Å². The van der Waals surface area contributed by atoms with Gasteiger partial charge in [0.1, 0.15) is 11.4 Å². The largest absolute Gasteiger partial charge is 0.496 e. The molecule has 0 saturated heterocycles. The summed E-state index contributed by atoms with van der Waals surface area (Å²) in [5.74, 6) is 1.65. The van der Waals surface area contributed by atoms with Gasteiger partial charge in [-0.3, -0.25) is 4.99 Å². The van der Waals surface area contributed by atoms with Gasteiger partial charge in [0.2, 0.25) is 0 Å². The highest BCUT2D eigenvalue weighted by Crippen LogP contribution is 2.19. The highest BCUT2D eigenvalue weighted by Gasteiger charge is 2.06. The van der Waals surface area contributed by atoms with Crippen molar-refractivity contribution in [1.29, 1.82) is 0 Å². The van der Waals surface area contributed by atoms with Crippen LogP contribution in [0, 0.1) is 13.8 Å². The monoisotopic (exact) mass is 365 g/mol. The summed E-state index contributed by atoms with van der Waals surface area (Å²) in [6.45, 7) is 5.54. The molecule has 0 spiro atoms. The summed E-state index contributed by atoms with van der Waals surface area (Å²) in [7, 11) is 3.47. The first-order chi connectivity index (χ1) is 13.1. The van der Waals surface area contributed by atoms with Crippen LogP contribution in [0.25, 0.3) is 5.65 Å². The van der Waals surface area contributed by atoms with Crippen LogP contribution < -0.4 is 15.4 Å². The number of nitrogens with one attached hydrogen (secondary N) is 2. The Morgan fingerprint density at radius 3 is 2.81 bits per heavy atom. The molecule has 0 bridgehead atoms. The Kier molecular flexibility index (Phi) is 5.96. The highest BCUT2D eigenvalue weighted by atomic mass is 16.5. The zero-order valence-corrected chi connectivity index (χ0v) is 16.4. The first-order valence-electron chi connectivity index (χ1n) is 9.12. The second-order valence-electron chi connectivity index (χ2n) is 6.57. The molecule has 0 aliphatic heterocycles. The molecule has 0 saturated carbocycles. The number of imidazole rings is 1. The zero-order valence-electron chi connectivity index (χ0n) is 16.4. The Hall–Kier alpha value is -3.02. The van der Waals surface area contributed by atoms with Crippen molar-refractivity contribution < 1.29 is 4.74 Å². The van der Waals surface area contributed by atoms with Crippen LogP contribution in [0.3, 0.4) is 0 Å². The van der Waals surface area contributed by atoms with E-state index < -0.39 is 0 Å². The molecule has 0 aliphatic rings. The summed E-state index contributed by atoms with van der Waals surface area (Å²) in [6, 6.07) is 10.3. The Labute approximate surface area is 160 Å². The van der Waals surface area contributed by atoms with Crippen molar-refractivity contribution in [3.05, 3.63) is 65.1 Å². The van der Waals surface area contributed by atoms with Crippen LogP contribution in [0.4, 0.5) is 0 Å². The SMILES string of the molecule is CN=C(NCCc1cn2cccc(C)c2n1)NCc1ccc(C)cc1OC. The van der Waals surface area contributed by atoms with Crippen LogP contribution in [0.5, 0.6) is 5.75 Å². The van der Waals surface area contributed by atoms with Crippen molar-refractivity contribution in [1.82, 2.24) is 20.0 Å². The summed E-state index contributed by atoms with van der Waals surface area (Å²) in [6.07, 6.45) is 4.94. The number of fused-ring (bicyclic) bond motifs is 1. The lowest BCUT2D eigenvalue weighted by molar-refractivity contribution is 0.408. The number of ether oxygens (including phenoxy) is 1. The van der Waals surface area contributed by atoms with Gasteiger partial charge in [-0.2, -0.15) is 0 Å². The lowest BCUT2D eigenvalue weighted by Crippen LogP contribution is -2.37. The molecule has 3 rings (SSSR count). The van der Waals surface area contributed by atoms with Crippen molar-refractivity contribution in [3.8, 4) is 5.75 Å². The van der Waals surface area contributed by atoms with Gasteiger partial charge in [0.05, 0.1) is 12.8 Å². The fourth-order valence-electron chi connectivity index (χ4n) is 3.03. The van der Waals surface area contributed by atoms with E-state index in [0.717, 1.165) is 41.6 Å². The summed E-state index contributed by atoms with van der Waals surface area (Å²) < 4.78 is 7.53. The molecule has 0 amide bonds. The molecule has 2 aromatic heterocycles. The molecule has 2 N–H and O–H groups in total. The van der Waals surface area contributed by atoms with Gasteiger partial charge in [0, 0.05) is 44.5 Å². The van der Waals surface area contributed by atoms with Gasteiger partial charge in [-0.25, -0.2) is 4.98 Å². The number of rotatable bonds is 6. The second kappa shape index (κ2) is 8.58. The fourth-order valence-corrected chi connectivity index (χ4v) is 3.03. The van der Waals surface area contributed by atoms with Gasteiger partial charge in [-0.1, -0.05) is 18.2 Å². The van der Waals surface area contributed by atoms with Crippen LogP contribution in [0.15, 0.2) is 47.7 Å². The van der Waals surface area contributed by atoms with E-state index in [2.05, 4.69) is 58.3 Å². The number of aryl methyl sites for hydroxylation is 2. The van der Waals surface area contributed by atoms with Crippen molar-refractivity contribution in [2.24, 2.45) is 4.99 Å². The minimum absolute atomic E-state index is 0.649. The first-order valence-corrected chi connectivity index (χ1v) is 9.12. The van der Waals surface area contributed by atoms with Gasteiger partial charge < -0.3 is 19.8 Å². The number of aromatic nitrogens is 2. The van der Waals surface area contributed by atoms with E-state index in [1.807, 2.05) is 18.3 Å². The molecule has 0 unspecified atom stereocenters. The Morgan fingerprint density at radius 1 is 1.22 bits per heavy atom. The van der Waals surface area contributed by atoms with E-state index in [9.17, 15) is 0 Å². The lowest BCUT2D eigenvalue weighted by atomic mass is 10.1. The third-order valence-electron chi connectivity index (χ3n) is 4.51. The summed E-state index contributed by atoms with van der Waals surface area (Å²) in [5, 5.41) is 6.68. The highest BCUT2D eigenvalue weighted by molar-refractivity contribution is 5.79. The minimum Gasteiger partial charge on any atom is -0.496 e. The van der Waals surface area contributed by atoms with Gasteiger partial charge in [0.25, 0.3) is 0 Å². The fraction of sp³-hybridized carbons (Fsp3) is 0.333.